The van der Waals surface area contributed by atoms with Crippen molar-refractivity contribution in [3.05, 3.63) is 45.2 Å². The molecule has 0 unspecified atom stereocenters. The van der Waals surface area contributed by atoms with Gasteiger partial charge in [0.05, 0.1) is 10.6 Å². The van der Waals surface area contributed by atoms with Gasteiger partial charge in [-0.15, -0.1) is 0 Å². The lowest BCUT2D eigenvalue weighted by Gasteiger charge is -2.32. The fourth-order valence-corrected chi connectivity index (χ4v) is 4.36. The monoisotopic (exact) mass is 386 g/mol. The van der Waals surface area contributed by atoms with Gasteiger partial charge in [0.1, 0.15) is 0 Å². The Balaban J connectivity index is 1.84. The highest BCUT2D eigenvalue weighted by molar-refractivity contribution is 7.11. The van der Waals surface area contributed by atoms with Crippen LogP contribution >= 0.6 is 11.3 Å². The van der Waals surface area contributed by atoms with E-state index in [0.717, 1.165) is 53.8 Å². The second-order valence-electron chi connectivity index (χ2n) is 6.85. The number of ketones is 1. The Labute approximate surface area is 163 Å². The van der Waals surface area contributed by atoms with Gasteiger partial charge in [0.25, 0.3) is 5.91 Å². The molecule has 2 aromatic rings. The Morgan fingerprint density at radius 1 is 1.11 bits per heavy atom. The smallest absolute Gasteiger partial charge is 0.253 e. The van der Waals surface area contributed by atoms with Crippen LogP contribution in [-0.2, 0) is 6.54 Å². The van der Waals surface area contributed by atoms with E-state index in [0.29, 0.717) is 5.56 Å². The molecule has 1 aromatic carbocycles. The lowest BCUT2D eigenvalue weighted by atomic mass is 10.1. The van der Waals surface area contributed by atoms with E-state index in [1.807, 2.05) is 47.6 Å². The summed E-state index contributed by atoms with van der Waals surface area (Å²) in [5.74, 6) is 0.137. The highest BCUT2D eigenvalue weighted by Crippen LogP contribution is 2.17. The van der Waals surface area contributed by atoms with Gasteiger partial charge in [-0.1, -0.05) is 11.3 Å². The van der Waals surface area contributed by atoms with Crippen molar-refractivity contribution in [1.29, 1.82) is 0 Å². The number of thiazole rings is 1. The molecule has 3 rings (SSSR count). The summed E-state index contributed by atoms with van der Waals surface area (Å²) in [4.78, 5) is 34.8. The summed E-state index contributed by atoms with van der Waals surface area (Å²) in [6.45, 7) is 9.68. The maximum atomic E-state index is 12.6. The van der Waals surface area contributed by atoms with Crippen LogP contribution in [0.2, 0.25) is 0 Å². The molecule has 1 aliphatic rings. The first-order valence-electron chi connectivity index (χ1n) is 9.24. The molecular weight excluding hydrogens is 360 g/mol. The summed E-state index contributed by atoms with van der Waals surface area (Å²) in [7, 11) is 2.07. The van der Waals surface area contributed by atoms with Gasteiger partial charge in [0.2, 0.25) is 0 Å². The van der Waals surface area contributed by atoms with Gasteiger partial charge in [0, 0.05) is 50.9 Å². The molecule has 1 saturated heterocycles. The summed E-state index contributed by atoms with van der Waals surface area (Å²) < 4.78 is 2.05. The SMILES string of the molecule is CCn1c(C)c(C(C)=O)sc1=Nc1ccc(C(=O)N2CCN(C)CC2)cc1. The van der Waals surface area contributed by atoms with Gasteiger partial charge >= 0.3 is 0 Å². The standard InChI is InChI=1S/C20H26N4O2S/c1-5-24-14(2)18(15(3)25)27-20(24)21-17-8-6-16(7-9-17)19(26)23-12-10-22(4)11-13-23/h6-9H,5,10-13H2,1-4H3. The van der Waals surface area contributed by atoms with Crippen molar-refractivity contribution in [2.75, 3.05) is 33.2 Å². The molecule has 1 amide bonds. The van der Waals surface area contributed by atoms with Crippen molar-refractivity contribution >= 4 is 28.7 Å². The van der Waals surface area contributed by atoms with Gasteiger partial charge in [0.15, 0.2) is 10.6 Å². The third-order valence-corrected chi connectivity index (χ3v) is 6.20. The number of likely N-dealkylation sites (N-methyl/N-ethyl adjacent to an activating group) is 1. The highest BCUT2D eigenvalue weighted by Gasteiger charge is 2.20. The molecule has 6 nitrogen and oxygen atoms in total. The molecular formula is C20H26N4O2S. The first-order chi connectivity index (χ1) is 12.9. The Morgan fingerprint density at radius 3 is 2.30 bits per heavy atom. The van der Waals surface area contributed by atoms with E-state index in [4.69, 9.17) is 4.99 Å². The van der Waals surface area contributed by atoms with Crippen LogP contribution in [0.3, 0.4) is 0 Å². The number of benzene rings is 1. The van der Waals surface area contributed by atoms with Crippen LogP contribution in [0, 0.1) is 6.92 Å². The summed E-state index contributed by atoms with van der Waals surface area (Å²) in [6, 6.07) is 7.40. The predicted molar refractivity (Wildman–Crippen MR) is 108 cm³/mol. The third kappa shape index (κ3) is 4.20. The first kappa shape index (κ1) is 19.5. The molecule has 0 spiro atoms. The van der Waals surface area contributed by atoms with Crippen molar-refractivity contribution in [1.82, 2.24) is 14.4 Å². The minimum Gasteiger partial charge on any atom is -0.336 e. The van der Waals surface area contributed by atoms with E-state index >= 15 is 0 Å². The fraction of sp³-hybridized carbons (Fsp3) is 0.450. The Bertz CT molecular complexity index is 903. The van der Waals surface area contributed by atoms with Gasteiger partial charge in [-0.2, -0.15) is 0 Å². The molecule has 0 atom stereocenters. The lowest BCUT2D eigenvalue weighted by Crippen LogP contribution is -2.47. The molecule has 2 heterocycles. The minimum atomic E-state index is 0.0641. The lowest BCUT2D eigenvalue weighted by molar-refractivity contribution is 0.0664. The van der Waals surface area contributed by atoms with Crippen molar-refractivity contribution < 1.29 is 9.59 Å². The molecule has 0 radical (unpaired) electrons. The molecule has 0 saturated carbocycles. The molecule has 27 heavy (non-hydrogen) atoms. The van der Waals surface area contributed by atoms with Gasteiger partial charge in [-0.05, 0) is 45.2 Å². The predicted octanol–water partition coefficient (Wildman–Crippen LogP) is 2.70. The molecule has 0 bridgehead atoms. The van der Waals surface area contributed by atoms with Gasteiger partial charge in [-0.25, -0.2) is 4.99 Å². The van der Waals surface area contributed by atoms with E-state index in [9.17, 15) is 9.59 Å². The number of aromatic nitrogens is 1. The molecule has 144 valence electrons. The molecule has 0 N–H and O–H groups in total. The van der Waals surface area contributed by atoms with Gasteiger partial charge < -0.3 is 14.4 Å². The number of Topliss-reactive ketones (excluding diaryl/α,β-unsaturated/α-hetero) is 1. The number of piperazine rings is 1. The summed E-state index contributed by atoms with van der Waals surface area (Å²) in [5.41, 5.74) is 2.42. The average Bonchev–Trinajstić information content (AvgIpc) is 2.98. The second-order valence-corrected chi connectivity index (χ2v) is 7.83. The zero-order valence-electron chi connectivity index (χ0n) is 16.4. The normalized spacial score (nSPS) is 16.0. The zero-order valence-corrected chi connectivity index (χ0v) is 17.2. The molecule has 0 aliphatic carbocycles. The second kappa shape index (κ2) is 8.19. The van der Waals surface area contributed by atoms with Crippen LogP contribution in [0.15, 0.2) is 29.3 Å². The maximum Gasteiger partial charge on any atom is 0.253 e. The van der Waals surface area contributed by atoms with Crippen molar-refractivity contribution in [3.63, 3.8) is 0 Å². The number of nitrogens with zero attached hydrogens (tertiary/aromatic N) is 4. The summed E-state index contributed by atoms with van der Waals surface area (Å²) in [6.07, 6.45) is 0. The summed E-state index contributed by atoms with van der Waals surface area (Å²) in [5, 5.41) is 0. The van der Waals surface area contributed by atoms with Crippen molar-refractivity contribution in [2.45, 2.75) is 27.3 Å². The Kier molecular flexibility index (Phi) is 5.92. The fourth-order valence-electron chi connectivity index (χ4n) is 3.25. The average molecular weight is 387 g/mol. The number of carbonyl (C=O) groups is 2. The van der Waals surface area contributed by atoms with E-state index in [1.54, 1.807) is 6.92 Å². The molecule has 7 heteroatoms. The molecule has 1 fully saturated rings. The number of carbonyl (C=O) groups excluding carboxylic acids is 2. The quantitative estimate of drug-likeness (QED) is 0.759. The van der Waals surface area contributed by atoms with Crippen LogP contribution in [0.4, 0.5) is 5.69 Å². The highest BCUT2D eigenvalue weighted by atomic mass is 32.1. The number of rotatable bonds is 4. The van der Waals surface area contributed by atoms with Crippen LogP contribution in [0.5, 0.6) is 0 Å². The first-order valence-corrected chi connectivity index (χ1v) is 10.1. The molecule has 1 aliphatic heterocycles. The van der Waals surface area contributed by atoms with E-state index in [1.165, 1.54) is 11.3 Å². The Morgan fingerprint density at radius 2 is 1.74 bits per heavy atom. The van der Waals surface area contributed by atoms with E-state index in [-0.39, 0.29) is 11.7 Å². The molecule has 1 aromatic heterocycles. The van der Waals surface area contributed by atoms with E-state index in [2.05, 4.69) is 11.9 Å². The minimum absolute atomic E-state index is 0.0641. The van der Waals surface area contributed by atoms with Crippen LogP contribution in [-0.4, -0.2) is 59.3 Å². The van der Waals surface area contributed by atoms with E-state index < -0.39 is 0 Å². The van der Waals surface area contributed by atoms with Crippen LogP contribution < -0.4 is 4.80 Å². The number of amides is 1. The zero-order chi connectivity index (χ0) is 19.6. The Hall–Kier alpha value is -2.25. The third-order valence-electron chi connectivity index (χ3n) is 4.92. The number of hydrogen-bond donors (Lipinski definition) is 0. The summed E-state index contributed by atoms with van der Waals surface area (Å²) >= 11 is 1.41. The number of hydrogen-bond acceptors (Lipinski definition) is 5. The topological polar surface area (TPSA) is 57.9 Å². The van der Waals surface area contributed by atoms with Crippen LogP contribution in [0.1, 0.15) is 39.6 Å². The van der Waals surface area contributed by atoms with Gasteiger partial charge in [-0.3, -0.25) is 9.59 Å². The largest absolute Gasteiger partial charge is 0.336 e. The maximum absolute atomic E-state index is 12.6. The van der Waals surface area contributed by atoms with Crippen molar-refractivity contribution in [3.8, 4) is 0 Å². The van der Waals surface area contributed by atoms with Crippen LogP contribution in [0.25, 0.3) is 0 Å². The van der Waals surface area contributed by atoms with Crippen molar-refractivity contribution in [2.24, 2.45) is 4.99 Å².